The minimum Gasteiger partial charge on any atom is -0.407 e. The molecule has 0 saturated heterocycles. The molecule has 3 aromatic rings. The molecule has 3 N–H and O–H groups in total. The van der Waals surface area contributed by atoms with Gasteiger partial charge in [-0.2, -0.15) is 13.2 Å². The van der Waals surface area contributed by atoms with Gasteiger partial charge in [0, 0.05) is 0 Å². The fraction of sp³-hybridized carbons (Fsp3) is 0.320. The van der Waals surface area contributed by atoms with Gasteiger partial charge in [-0.3, -0.25) is 9.78 Å². The number of rotatable bonds is 7. The van der Waals surface area contributed by atoms with E-state index in [2.05, 4.69) is 30.9 Å². The maximum absolute atomic E-state index is 13.2. The highest BCUT2D eigenvalue weighted by Crippen LogP contribution is 2.35. The molecule has 0 unspecified atom stereocenters. The van der Waals surface area contributed by atoms with Crippen LogP contribution in [0.1, 0.15) is 43.4 Å². The van der Waals surface area contributed by atoms with Gasteiger partial charge in [0.05, 0.1) is 47.8 Å². The van der Waals surface area contributed by atoms with Crippen molar-refractivity contribution in [2.24, 2.45) is 0 Å². The normalized spacial score (nSPS) is 14.9. The molecule has 4 rings (SSSR count). The number of amides is 2. The molecule has 0 atom stereocenters. The highest BCUT2D eigenvalue weighted by Gasteiger charge is 2.41. The minimum atomic E-state index is -4.49. The first-order chi connectivity index (χ1) is 17.7. The number of ether oxygens (including phenoxy) is 1. The lowest BCUT2D eigenvalue weighted by molar-refractivity contribution is -0.137. The summed E-state index contributed by atoms with van der Waals surface area (Å²) in [5.41, 5.74) is -1.14. The second-order valence-corrected chi connectivity index (χ2v) is 8.62. The minimum absolute atomic E-state index is 0.0727. The van der Waals surface area contributed by atoms with Crippen LogP contribution < -0.4 is 20.7 Å². The Hall–Kier alpha value is -4.22. The fourth-order valence-corrected chi connectivity index (χ4v) is 4.17. The van der Waals surface area contributed by atoms with E-state index in [0.717, 1.165) is 25.3 Å². The van der Waals surface area contributed by atoms with Crippen LogP contribution in [0, 0.1) is 0 Å². The maximum Gasteiger partial charge on any atom is 0.418 e. The van der Waals surface area contributed by atoms with Gasteiger partial charge in [-0.1, -0.05) is 31.4 Å². The van der Waals surface area contributed by atoms with Crippen LogP contribution in [0.25, 0.3) is 0 Å². The number of carbonyl (C=O) groups is 2. The highest BCUT2D eigenvalue weighted by atomic mass is 19.4. The number of pyridine rings is 1. The first-order valence-corrected chi connectivity index (χ1v) is 11.7. The molecule has 2 amide bonds. The summed E-state index contributed by atoms with van der Waals surface area (Å²) in [7, 11) is 0. The summed E-state index contributed by atoms with van der Waals surface area (Å²) in [6.07, 6.45) is 3.49. The largest absolute Gasteiger partial charge is 0.418 e. The van der Waals surface area contributed by atoms with E-state index in [1.54, 1.807) is 12.1 Å². The average molecular weight is 515 g/mol. The lowest BCUT2D eigenvalue weighted by Crippen LogP contribution is -2.60. The Balaban J connectivity index is 1.37. The van der Waals surface area contributed by atoms with E-state index in [0.29, 0.717) is 24.2 Å². The van der Waals surface area contributed by atoms with Crippen LogP contribution in [-0.2, 0) is 17.5 Å². The lowest BCUT2D eigenvalue weighted by Gasteiger charge is -2.36. The molecule has 0 aliphatic heterocycles. The summed E-state index contributed by atoms with van der Waals surface area (Å²) < 4.78 is 44.9. The van der Waals surface area contributed by atoms with E-state index in [-0.39, 0.29) is 23.9 Å². The van der Waals surface area contributed by atoms with Gasteiger partial charge in [0.2, 0.25) is 5.91 Å². The summed E-state index contributed by atoms with van der Waals surface area (Å²) in [6.45, 7) is 0.0727. The Morgan fingerprint density at radius 3 is 2.38 bits per heavy atom. The summed E-state index contributed by atoms with van der Waals surface area (Å²) in [5, 5.41) is 8.26. The number of benzene rings is 1. The van der Waals surface area contributed by atoms with E-state index in [4.69, 9.17) is 4.74 Å². The first-order valence-electron chi connectivity index (χ1n) is 11.7. The molecule has 2 aromatic heterocycles. The van der Waals surface area contributed by atoms with Gasteiger partial charge in [-0.15, -0.1) is 0 Å². The van der Waals surface area contributed by atoms with Crippen molar-refractivity contribution in [2.75, 3.05) is 5.32 Å². The molecule has 37 heavy (non-hydrogen) atoms. The van der Waals surface area contributed by atoms with Gasteiger partial charge in [-0.25, -0.2) is 14.8 Å². The maximum atomic E-state index is 13.2. The lowest BCUT2D eigenvalue weighted by atomic mass is 9.81. The van der Waals surface area contributed by atoms with Crippen LogP contribution in [0.2, 0.25) is 0 Å². The van der Waals surface area contributed by atoms with E-state index in [1.165, 1.54) is 43.1 Å². The number of hydrogen-bond acceptors (Lipinski definition) is 7. The van der Waals surface area contributed by atoms with Gasteiger partial charge in [0.25, 0.3) is 0 Å². The van der Waals surface area contributed by atoms with Crippen molar-refractivity contribution in [1.82, 2.24) is 25.6 Å². The molecule has 1 aliphatic rings. The van der Waals surface area contributed by atoms with Crippen molar-refractivity contribution < 1.29 is 27.5 Å². The van der Waals surface area contributed by atoms with E-state index in [1.807, 2.05) is 0 Å². The molecule has 0 spiro atoms. The molecule has 12 heteroatoms. The molecule has 1 fully saturated rings. The zero-order chi connectivity index (χ0) is 26.3. The smallest absolute Gasteiger partial charge is 0.407 e. The van der Waals surface area contributed by atoms with Crippen LogP contribution in [0.3, 0.4) is 0 Å². The van der Waals surface area contributed by atoms with Crippen LogP contribution in [0.5, 0.6) is 5.75 Å². The summed E-state index contributed by atoms with van der Waals surface area (Å²) in [6, 6.07) is 8.34. The van der Waals surface area contributed by atoms with Crippen molar-refractivity contribution in [2.45, 2.75) is 50.4 Å². The second kappa shape index (κ2) is 11.2. The number of aromatic nitrogens is 3. The molecule has 194 valence electrons. The Bertz CT molecular complexity index is 1220. The van der Waals surface area contributed by atoms with Crippen LogP contribution in [0.15, 0.2) is 61.3 Å². The molecule has 9 nitrogen and oxygen atoms in total. The Morgan fingerprint density at radius 1 is 0.973 bits per heavy atom. The monoisotopic (exact) mass is 514 g/mol. The topological polar surface area (TPSA) is 118 Å². The van der Waals surface area contributed by atoms with Crippen LogP contribution >= 0.6 is 0 Å². The van der Waals surface area contributed by atoms with E-state index in [9.17, 15) is 22.8 Å². The molecule has 1 aromatic carbocycles. The molecule has 0 radical (unpaired) electrons. The molecule has 1 saturated carbocycles. The third-order valence-corrected chi connectivity index (χ3v) is 6.00. The van der Waals surface area contributed by atoms with Crippen molar-refractivity contribution >= 4 is 23.4 Å². The predicted octanol–water partition coefficient (Wildman–Crippen LogP) is 4.74. The zero-order valence-electron chi connectivity index (χ0n) is 19.7. The average Bonchev–Trinajstić information content (AvgIpc) is 2.89. The van der Waals surface area contributed by atoms with Gasteiger partial charge in [-0.05, 0) is 37.1 Å². The first kappa shape index (κ1) is 25.9. The van der Waals surface area contributed by atoms with Gasteiger partial charge < -0.3 is 20.7 Å². The third-order valence-electron chi connectivity index (χ3n) is 6.00. The molecule has 0 bridgehead atoms. The Labute approximate surface area is 210 Å². The zero-order valence-corrected chi connectivity index (χ0v) is 19.7. The van der Waals surface area contributed by atoms with E-state index >= 15 is 0 Å². The van der Waals surface area contributed by atoms with Crippen LogP contribution in [0.4, 0.5) is 29.3 Å². The number of carbonyl (C=O) groups excluding carboxylic acids is 2. The number of hydrogen-bond donors (Lipinski definition) is 3. The number of para-hydroxylation sites is 1. The molecular weight excluding hydrogens is 489 g/mol. The summed E-state index contributed by atoms with van der Waals surface area (Å²) >= 11 is 0. The standard InChI is InChI=1S/C25H25F3N6O3/c26-25(27,28)20-6-2-3-7-21(20)33-18-9-8-17(31-13-18)12-32-22(35)24(10-4-1-5-11-24)34-23(36)37-19-14-29-16-30-15-19/h2-3,6-9,13-16,33H,1,4-5,10-12H2,(H,32,35)(H,34,36). The summed E-state index contributed by atoms with van der Waals surface area (Å²) in [5.74, 6) is -0.210. The van der Waals surface area contributed by atoms with Crippen LogP contribution in [-0.4, -0.2) is 32.5 Å². The van der Waals surface area contributed by atoms with Crippen molar-refractivity contribution in [3.63, 3.8) is 0 Å². The number of halogens is 3. The predicted molar refractivity (Wildman–Crippen MR) is 128 cm³/mol. The number of nitrogens with zero attached hydrogens (tertiary/aromatic N) is 3. The van der Waals surface area contributed by atoms with Crippen molar-refractivity contribution in [3.8, 4) is 5.75 Å². The molecular formula is C25H25F3N6O3. The Morgan fingerprint density at radius 2 is 1.70 bits per heavy atom. The fourth-order valence-electron chi connectivity index (χ4n) is 4.17. The second-order valence-electron chi connectivity index (χ2n) is 8.62. The third kappa shape index (κ3) is 6.72. The molecule has 2 heterocycles. The van der Waals surface area contributed by atoms with Gasteiger partial charge >= 0.3 is 12.3 Å². The van der Waals surface area contributed by atoms with Gasteiger partial charge in [0.15, 0.2) is 5.75 Å². The van der Waals surface area contributed by atoms with E-state index < -0.39 is 23.4 Å². The molecule has 1 aliphatic carbocycles. The highest BCUT2D eigenvalue weighted by molar-refractivity contribution is 5.90. The SMILES string of the molecule is O=C(NC1(C(=O)NCc2ccc(Nc3ccccc3C(F)(F)F)cn2)CCCCC1)Oc1cncnc1. The summed E-state index contributed by atoms with van der Waals surface area (Å²) in [4.78, 5) is 37.5. The Kier molecular flexibility index (Phi) is 7.85. The number of alkyl halides is 3. The van der Waals surface area contributed by atoms with Crippen molar-refractivity contribution in [3.05, 3.63) is 72.6 Å². The van der Waals surface area contributed by atoms with Crippen molar-refractivity contribution in [1.29, 1.82) is 0 Å². The van der Waals surface area contributed by atoms with Gasteiger partial charge in [0.1, 0.15) is 11.9 Å². The number of anilines is 2. The number of nitrogens with one attached hydrogen (secondary N) is 3. The quantitative estimate of drug-likeness (QED) is 0.417.